The Labute approximate surface area is 198 Å². The van der Waals surface area contributed by atoms with Gasteiger partial charge in [0, 0.05) is 10.9 Å². The Balaban J connectivity index is 1.60. The lowest BCUT2D eigenvalue weighted by atomic mass is 9.91. The van der Waals surface area contributed by atoms with E-state index in [1.54, 1.807) is 25.3 Å². The first-order chi connectivity index (χ1) is 16.7. The van der Waals surface area contributed by atoms with Gasteiger partial charge in [-0.15, -0.1) is 0 Å². The molecule has 168 valence electrons. The van der Waals surface area contributed by atoms with Gasteiger partial charge in [-0.25, -0.2) is 4.79 Å². The molecule has 0 unspecified atom stereocenters. The minimum atomic E-state index is -0.891. The van der Waals surface area contributed by atoms with E-state index in [1.165, 1.54) is 0 Å². The first-order valence-electron chi connectivity index (χ1n) is 11.2. The molecule has 1 N–H and O–H groups in total. The van der Waals surface area contributed by atoms with Crippen molar-refractivity contribution >= 4 is 27.5 Å². The molecular formula is C30H24O4. The van der Waals surface area contributed by atoms with Gasteiger partial charge in [0.05, 0.1) is 12.7 Å². The number of carbonyl (C=O) groups is 1. The van der Waals surface area contributed by atoms with Crippen LogP contribution in [0.5, 0.6) is 5.75 Å². The molecule has 4 heteroatoms. The van der Waals surface area contributed by atoms with Gasteiger partial charge >= 0.3 is 5.97 Å². The number of aliphatic hydroxyl groups excluding tert-OH is 1. The summed E-state index contributed by atoms with van der Waals surface area (Å²) in [6.45, 7) is -0.126. The first-order valence-corrected chi connectivity index (χ1v) is 11.2. The van der Waals surface area contributed by atoms with Crippen LogP contribution in [0.15, 0.2) is 103 Å². The number of esters is 1. The monoisotopic (exact) mass is 448 g/mol. The quantitative estimate of drug-likeness (QED) is 0.299. The lowest BCUT2D eigenvalue weighted by Crippen LogP contribution is -2.13. The summed E-state index contributed by atoms with van der Waals surface area (Å²) in [5.74, 6) is 0.251. The molecule has 0 saturated heterocycles. The van der Waals surface area contributed by atoms with Gasteiger partial charge in [0.15, 0.2) is 0 Å². The number of hydrogen-bond donors (Lipinski definition) is 1. The number of carbonyl (C=O) groups excluding carboxylic acids is 1. The zero-order valence-corrected chi connectivity index (χ0v) is 18.8. The zero-order chi connectivity index (χ0) is 23.5. The van der Waals surface area contributed by atoms with Crippen LogP contribution < -0.4 is 4.74 Å². The van der Waals surface area contributed by atoms with E-state index in [1.807, 2.05) is 72.8 Å². The minimum Gasteiger partial charge on any atom is -0.496 e. The third-order valence-electron chi connectivity index (χ3n) is 6.06. The van der Waals surface area contributed by atoms with Crippen molar-refractivity contribution in [1.29, 1.82) is 0 Å². The molecule has 1 atom stereocenters. The SMILES string of the molecule is COc1ccc2ccccc2c1-c1cccc2cccc(C(=O)OC[C@H](O)c3ccccc3)c12. The second-order valence-corrected chi connectivity index (χ2v) is 8.10. The summed E-state index contributed by atoms with van der Waals surface area (Å²) in [7, 11) is 1.65. The smallest absolute Gasteiger partial charge is 0.338 e. The highest BCUT2D eigenvalue weighted by atomic mass is 16.5. The zero-order valence-electron chi connectivity index (χ0n) is 18.8. The summed E-state index contributed by atoms with van der Waals surface area (Å²) >= 11 is 0. The van der Waals surface area contributed by atoms with Gasteiger partial charge in [-0.3, -0.25) is 0 Å². The molecule has 0 heterocycles. The Morgan fingerprint density at radius 3 is 2.29 bits per heavy atom. The fourth-order valence-corrected chi connectivity index (χ4v) is 4.42. The van der Waals surface area contributed by atoms with Crippen LogP contribution in [0.4, 0.5) is 0 Å². The van der Waals surface area contributed by atoms with E-state index in [0.29, 0.717) is 11.1 Å². The van der Waals surface area contributed by atoms with Crippen molar-refractivity contribution in [3.63, 3.8) is 0 Å². The predicted octanol–water partition coefficient (Wildman–Crippen LogP) is 6.56. The third-order valence-corrected chi connectivity index (χ3v) is 6.06. The molecule has 5 aromatic rings. The van der Waals surface area contributed by atoms with E-state index in [9.17, 15) is 9.90 Å². The van der Waals surface area contributed by atoms with Crippen molar-refractivity contribution in [3.8, 4) is 16.9 Å². The van der Waals surface area contributed by atoms with Crippen molar-refractivity contribution in [2.75, 3.05) is 13.7 Å². The highest BCUT2D eigenvalue weighted by Gasteiger charge is 2.20. The molecule has 5 aromatic carbocycles. The predicted molar refractivity (Wildman–Crippen MR) is 135 cm³/mol. The Hall–Kier alpha value is -4.15. The Morgan fingerprint density at radius 2 is 1.50 bits per heavy atom. The van der Waals surface area contributed by atoms with Crippen LogP contribution in [0.2, 0.25) is 0 Å². The van der Waals surface area contributed by atoms with Gasteiger partial charge in [-0.05, 0) is 39.4 Å². The van der Waals surface area contributed by atoms with Gasteiger partial charge in [0.1, 0.15) is 18.5 Å². The molecule has 0 aliphatic heterocycles. The molecular weight excluding hydrogens is 424 g/mol. The normalized spacial score (nSPS) is 11.9. The number of hydrogen-bond acceptors (Lipinski definition) is 4. The van der Waals surface area contributed by atoms with E-state index in [0.717, 1.165) is 38.4 Å². The average molecular weight is 449 g/mol. The van der Waals surface area contributed by atoms with Crippen molar-refractivity contribution in [1.82, 2.24) is 0 Å². The molecule has 0 aromatic heterocycles. The maximum Gasteiger partial charge on any atom is 0.338 e. The molecule has 0 fully saturated rings. The maximum atomic E-state index is 13.2. The highest BCUT2D eigenvalue weighted by molar-refractivity contribution is 6.14. The van der Waals surface area contributed by atoms with Gasteiger partial charge in [0.2, 0.25) is 0 Å². The van der Waals surface area contributed by atoms with Gasteiger partial charge in [-0.2, -0.15) is 0 Å². The van der Waals surface area contributed by atoms with Crippen LogP contribution in [-0.2, 0) is 4.74 Å². The standard InChI is InChI=1S/C30H24O4/c1-33-27-18-17-20-9-5-6-14-23(20)29(27)24-15-7-12-22-13-8-16-25(28(22)24)30(32)34-19-26(31)21-10-3-2-4-11-21/h2-18,26,31H,19H2,1H3/t26-/m0/s1. The second kappa shape index (κ2) is 9.38. The van der Waals surface area contributed by atoms with E-state index in [-0.39, 0.29) is 6.61 Å². The maximum absolute atomic E-state index is 13.2. The van der Waals surface area contributed by atoms with Crippen molar-refractivity contribution < 1.29 is 19.4 Å². The lowest BCUT2D eigenvalue weighted by Gasteiger charge is -2.17. The number of ether oxygens (including phenoxy) is 2. The molecule has 34 heavy (non-hydrogen) atoms. The van der Waals surface area contributed by atoms with E-state index in [4.69, 9.17) is 9.47 Å². The number of fused-ring (bicyclic) bond motifs is 2. The van der Waals surface area contributed by atoms with Crippen LogP contribution in [-0.4, -0.2) is 24.8 Å². The molecule has 5 rings (SSSR count). The Morgan fingerprint density at radius 1 is 0.794 bits per heavy atom. The number of rotatable bonds is 6. The van der Waals surface area contributed by atoms with Gasteiger partial charge in [0.25, 0.3) is 0 Å². The summed E-state index contributed by atoms with van der Waals surface area (Å²) in [6, 6.07) is 32.8. The van der Waals surface area contributed by atoms with Crippen LogP contribution in [0.25, 0.3) is 32.7 Å². The largest absolute Gasteiger partial charge is 0.496 e. The summed E-state index contributed by atoms with van der Waals surface area (Å²) in [6.07, 6.45) is -0.891. The molecule has 0 amide bonds. The van der Waals surface area contributed by atoms with E-state index < -0.39 is 12.1 Å². The van der Waals surface area contributed by atoms with Crippen LogP contribution in [0.3, 0.4) is 0 Å². The van der Waals surface area contributed by atoms with Crippen LogP contribution >= 0.6 is 0 Å². The Bertz CT molecular complexity index is 1470. The van der Waals surface area contributed by atoms with Crippen LogP contribution in [0, 0.1) is 0 Å². The average Bonchev–Trinajstić information content (AvgIpc) is 2.90. The highest BCUT2D eigenvalue weighted by Crippen LogP contribution is 2.41. The fourth-order valence-electron chi connectivity index (χ4n) is 4.42. The molecule has 0 bridgehead atoms. The summed E-state index contributed by atoms with van der Waals surface area (Å²) in [5.41, 5.74) is 2.97. The molecule has 0 radical (unpaired) electrons. The van der Waals surface area contributed by atoms with Crippen molar-refractivity contribution in [3.05, 3.63) is 114 Å². The molecule has 0 aliphatic rings. The number of aliphatic hydroxyl groups is 1. The van der Waals surface area contributed by atoms with Crippen LogP contribution in [0.1, 0.15) is 22.0 Å². The number of methoxy groups -OCH3 is 1. The molecule has 0 aliphatic carbocycles. The lowest BCUT2D eigenvalue weighted by molar-refractivity contribution is 0.0256. The van der Waals surface area contributed by atoms with Crippen molar-refractivity contribution in [2.45, 2.75) is 6.10 Å². The van der Waals surface area contributed by atoms with Gasteiger partial charge < -0.3 is 14.6 Å². The summed E-state index contributed by atoms with van der Waals surface area (Å²) in [5, 5.41) is 14.3. The molecule has 0 spiro atoms. The van der Waals surface area contributed by atoms with Crippen molar-refractivity contribution in [2.24, 2.45) is 0 Å². The molecule has 0 saturated carbocycles. The third kappa shape index (κ3) is 4.00. The number of benzene rings is 5. The first kappa shape index (κ1) is 21.7. The summed E-state index contributed by atoms with van der Waals surface area (Å²) in [4.78, 5) is 13.2. The van der Waals surface area contributed by atoms with E-state index >= 15 is 0 Å². The summed E-state index contributed by atoms with van der Waals surface area (Å²) < 4.78 is 11.3. The van der Waals surface area contributed by atoms with E-state index in [2.05, 4.69) is 12.1 Å². The fraction of sp³-hybridized carbons (Fsp3) is 0.100. The topological polar surface area (TPSA) is 55.8 Å². The second-order valence-electron chi connectivity index (χ2n) is 8.10. The Kier molecular flexibility index (Phi) is 5.98. The van der Waals surface area contributed by atoms with Gasteiger partial charge in [-0.1, -0.05) is 91.0 Å². The minimum absolute atomic E-state index is 0.126. The molecule has 4 nitrogen and oxygen atoms in total.